The Bertz CT molecular complexity index is 2010. The van der Waals surface area contributed by atoms with Gasteiger partial charge in [-0.15, -0.1) is 10.2 Å². The monoisotopic (exact) mass is 764 g/mol. The number of rotatable bonds is 10. The van der Waals surface area contributed by atoms with E-state index in [1.54, 1.807) is 0 Å². The lowest BCUT2D eigenvalue weighted by Crippen LogP contribution is -2.43. The predicted molar refractivity (Wildman–Crippen MR) is 216 cm³/mol. The van der Waals surface area contributed by atoms with Crippen molar-refractivity contribution < 1.29 is 23.7 Å². The summed E-state index contributed by atoms with van der Waals surface area (Å²) in [5.41, 5.74) is 3.73. The van der Waals surface area contributed by atoms with Gasteiger partial charge in [-0.3, -0.25) is 14.7 Å². The number of hydrogen-bond acceptors (Lipinski definition) is 10. The molecule has 0 saturated carbocycles. The zero-order chi connectivity index (χ0) is 38.6. The van der Waals surface area contributed by atoms with Crippen LogP contribution in [0.1, 0.15) is 109 Å². The molecule has 2 N–H and O–H groups in total. The Hall–Kier alpha value is -4.88. The van der Waals surface area contributed by atoms with E-state index in [-0.39, 0.29) is 35.9 Å². The van der Waals surface area contributed by atoms with Gasteiger partial charge in [-0.05, 0) is 99.1 Å². The SMILES string of the molecule is C[C@H]1CCCCN1c1nnc2ccc(O[C@@H]3CC[C@H](NC(=O)NC4=NN(c5cccc(OCCOC6CCCCO6)c5)C(C(C)(C)C)C4)c4ccccc43)cn12. The maximum atomic E-state index is 13.6. The van der Waals surface area contributed by atoms with E-state index < -0.39 is 0 Å². The number of hydrazone groups is 1. The zero-order valence-electron chi connectivity index (χ0n) is 33.2. The minimum atomic E-state index is -0.269. The van der Waals surface area contributed by atoms with E-state index in [1.165, 1.54) is 6.42 Å². The minimum absolute atomic E-state index is 0.0322. The van der Waals surface area contributed by atoms with E-state index >= 15 is 0 Å². The lowest BCUT2D eigenvalue weighted by Gasteiger charge is -2.34. The topological polar surface area (TPSA) is 127 Å². The number of fused-ring (bicyclic) bond motifs is 2. The Balaban J connectivity index is 0.909. The molecule has 298 valence electrons. The molecule has 4 aliphatic rings. The number of amides is 2. The van der Waals surface area contributed by atoms with Crippen molar-refractivity contribution in [1.29, 1.82) is 0 Å². The summed E-state index contributed by atoms with van der Waals surface area (Å²) in [5, 5.41) is 22.3. The van der Waals surface area contributed by atoms with Crippen LogP contribution in [0.25, 0.3) is 5.65 Å². The van der Waals surface area contributed by atoms with Gasteiger partial charge >= 0.3 is 6.03 Å². The lowest BCUT2D eigenvalue weighted by molar-refractivity contribution is -0.165. The van der Waals surface area contributed by atoms with Crippen LogP contribution in [-0.4, -0.2) is 71.2 Å². The van der Waals surface area contributed by atoms with Gasteiger partial charge in [0.1, 0.15) is 30.0 Å². The summed E-state index contributed by atoms with van der Waals surface area (Å²) in [5.74, 6) is 3.00. The van der Waals surface area contributed by atoms with E-state index in [2.05, 4.69) is 65.6 Å². The number of carbonyl (C=O) groups excluding carboxylic acids is 1. The number of nitrogens with zero attached hydrogens (tertiary/aromatic N) is 6. The number of amidine groups is 1. The molecule has 8 rings (SSSR count). The number of benzene rings is 2. The minimum Gasteiger partial charge on any atom is -0.491 e. The predicted octanol–water partition coefficient (Wildman–Crippen LogP) is 7.92. The van der Waals surface area contributed by atoms with Crippen molar-refractivity contribution in [3.05, 3.63) is 78.0 Å². The molecule has 2 amide bonds. The molecule has 3 aliphatic heterocycles. The van der Waals surface area contributed by atoms with E-state index in [1.807, 2.05) is 64.1 Å². The maximum absolute atomic E-state index is 13.6. The van der Waals surface area contributed by atoms with Gasteiger partial charge in [-0.2, -0.15) is 5.10 Å². The fourth-order valence-electron chi connectivity index (χ4n) is 8.43. The second-order valence-corrected chi connectivity index (χ2v) is 16.6. The third-order valence-corrected chi connectivity index (χ3v) is 11.5. The Labute approximate surface area is 329 Å². The summed E-state index contributed by atoms with van der Waals surface area (Å²) in [7, 11) is 0. The first kappa shape index (κ1) is 38.0. The molecule has 2 fully saturated rings. The summed E-state index contributed by atoms with van der Waals surface area (Å²) in [6, 6.07) is 20.1. The molecule has 2 aromatic carbocycles. The van der Waals surface area contributed by atoms with Gasteiger partial charge in [0.05, 0.1) is 30.6 Å². The average Bonchev–Trinajstić information content (AvgIpc) is 3.83. The molecule has 2 aromatic heterocycles. The molecule has 56 heavy (non-hydrogen) atoms. The Kier molecular flexibility index (Phi) is 11.3. The molecule has 2 saturated heterocycles. The fraction of sp³-hybridized carbons (Fsp3) is 0.535. The smallest absolute Gasteiger partial charge is 0.320 e. The number of pyridine rings is 1. The molecular formula is C43H56N8O5. The average molecular weight is 765 g/mol. The molecular weight excluding hydrogens is 709 g/mol. The maximum Gasteiger partial charge on any atom is 0.320 e. The van der Waals surface area contributed by atoms with Crippen molar-refractivity contribution in [1.82, 2.24) is 25.2 Å². The van der Waals surface area contributed by atoms with Crippen molar-refractivity contribution in [2.24, 2.45) is 10.5 Å². The van der Waals surface area contributed by atoms with Gasteiger partial charge in [0.2, 0.25) is 5.95 Å². The first-order valence-corrected chi connectivity index (χ1v) is 20.5. The highest BCUT2D eigenvalue weighted by molar-refractivity contribution is 5.99. The molecule has 0 radical (unpaired) electrons. The highest BCUT2D eigenvalue weighted by Gasteiger charge is 2.38. The van der Waals surface area contributed by atoms with Crippen molar-refractivity contribution in [3.8, 4) is 11.5 Å². The van der Waals surface area contributed by atoms with Gasteiger partial charge in [0.25, 0.3) is 0 Å². The van der Waals surface area contributed by atoms with Crippen molar-refractivity contribution in [2.45, 2.75) is 116 Å². The van der Waals surface area contributed by atoms with E-state index in [4.69, 9.17) is 24.0 Å². The molecule has 13 nitrogen and oxygen atoms in total. The summed E-state index contributed by atoms with van der Waals surface area (Å²) >= 11 is 0. The second-order valence-electron chi connectivity index (χ2n) is 16.6. The molecule has 5 atom stereocenters. The number of piperidine rings is 1. The Morgan fingerprint density at radius 2 is 1.77 bits per heavy atom. The van der Waals surface area contributed by atoms with E-state index in [0.717, 1.165) is 98.0 Å². The van der Waals surface area contributed by atoms with Crippen molar-refractivity contribution >= 4 is 29.1 Å². The Morgan fingerprint density at radius 3 is 2.59 bits per heavy atom. The van der Waals surface area contributed by atoms with Crippen LogP contribution < -0.4 is 30.0 Å². The van der Waals surface area contributed by atoms with Crippen LogP contribution in [0.15, 0.2) is 72.0 Å². The van der Waals surface area contributed by atoms with Gasteiger partial charge in [-0.1, -0.05) is 51.1 Å². The first-order chi connectivity index (χ1) is 27.2. The summed E-state index contributed by atoms with van der Waals surface area (Å²) < 4.78 is 26.3. The standard InChI is InChI=1S/C43H56N8O5/c1-29-12-7-9-22-49(29)42-47-46-39-21-18-32(28-50(39)42)56-36-20-19-35(33-15-5-6-16-34(33)36)44-41(52)45-38-27-37(43(2,3)4)51(48-38)30-13-11-14-31(26-30)53-24-25-55-40-17-8-10-23-54-40/h5-6,11,13-16,18,21,26,28-29,35-37,40H,7-10,12,17,19-20,22-25,27H2,1-4H3,(H2,44,45,48,52)/t29-,35-,36+,37?,40?/m0/s1. The third-order valence-electron chi connectivity index (χ3n) is 11.5. The molecule has 5 heterocycles. The number of nitrogens with one attached hydrogen (secondary N) is 2. The first-order valence-electron chi connectivity index (χ1n) is 20.5. The van der Waals surface area contributed by atoms with E-state index in [0.29, 0.717) is 31.5 Å². The molecule has 2 unspecified atom stereocenters. The summed E-state index contributed by atoms with van der Waals surface area (Å²) in [4.78, 5) is 16.0. The van der Waals surface area contributed by atoms with Gasteiger partial charge in [0, 0.05) is 31.7 Å². The highest BCUT2D eigenvalue weighted by atomic mass is 16.7. The molecule has 4 aromatic rings. The van der Waals surface area contributed by atoms with Gasteiger partial charge in [-0.25, -0.2) is 4.79 Å². The van der Waals surface area contributed by atoms with Crippen LogP contribution in [0.3, 0.4) is 0 Å². The number of hydrogen-bond donors (Lipinski definition) is 2. The second kappa shape index (κ2) is 16.7. The van der Waals surface area contributed by atoms with E-state index in [9.17, 15) is 4.79 Å². The van der Waals surface area contributed by atoms with Crippen LogP contribution in [0.4, 0.5) is 16.4 Å². The molecule has 1 aliphatic carbocycles. The summed E-state index contributed by atoms with van der Waals surface area (Å²) in [6.07, 6.45) is 10.5. The van der Waals surface area contributed by atoms with Crippen LogP contribution >= 0.6 is 0 Å². The number of anilines is 2. The molecule has 0 spiro atoms. The highest BCUT2D eigenvalue weighted by Crippen LogP contribution is 2.40. The number of aromatic nitrogens is 3. The van der Waals surface area contributed by atoms with Crippen LogP contribution in [0.2, 0.25) is 0 Å². The fourth-order valence-corrected chi connectivity index (χ4v) is 8.43. The van der Waals surface area contributed by atoms with Gasteiger partial charge in [0.15, 0.2) is 11.9 Å². The van der Waals surface area contributed by atoms with Crippen LogP contribution in [0, 0.1) is 5.41 Å². The van der Waals surface area contributed by atoms with Crippen LogP contribution in [-0.2, 0) is 9.47 Å². The number of ether oxygens (including phenoxy) is 4. The number of urea groups is 1. The quantitative estimate of drug-likeness (QED) is 0.155. The summed E-state index contributed by atoms with van der Waals surface area (Å²) in [6.45, 7) is 11.5. The zero-order valence-corrected chi connectivity index (χ0v) is 33.2. The largest absolute Gasteiger partial charge is 0.491 e. The Morgan fingerprint density at radius 1 is 0.911 bits per heavy atom. The van der Waals surface area contributed by atoms with Crippen molar-refractivity contribution in [2.75, 3.05) is 36.3 Å². The third kappa shape index (κ3) is 8.58. The normalized spacial score (nSPS) is 24.1. The lowest BCUT2D eigenvalue weighted by atomic mass is 9.84. The molecule has 0 bridgehead atoms. The van der Waals surface area contributed by atoms with Gasteiger partial charge < -0.3 is 29.2 Å². The van der Waals surface area contributed by atoms with Crippen LogP contribution in [0.5, 0.6) is 11.5 Å². The number of carbonyl (C=O) groups is 1. The molecule has 13 heteroatoms. The van der Waals surface area contributed by atoms with Crippen molar-refractivity contribution in [3.63, 3.8) is 0 Å².